The zero-order valence-corrected chi connectivity index (χ0v) is 9.66. The second-order valence-electron chi connectivity index (χ2n) is 4.33. The molecule has 5 nitrogen and oxygen atoms in total. The summed E-state index contributed by atoms with van der Waals surface area (Å²) in [6, 6.07) is -1.13. The van der Waals surface area contributed by atoms with Crippen LogP contribution in [0.2, 0.25) is 0 Å². The highest BCUT2D eigenvalue weighted by molar-refractivity contribution is 5.82. The summed E-state index contributed by atoms with van der Waals surface area (Å²) >= 11 is 0. The largest absolute Gasteiger partial charge is 0.480 e. The highest BCUT2D eigenvalue weighted by atomic mass is 16.4. The van der Waals surface area contributed by atoms with Crippen molar-refractivity contribution < 1.29 is 14.7 Å². The Morgan fingerprint density at radius 3 is 2.62 bits per heavy atom. The first kappa shape index (κ1) is 12.8. The molecule has 2 amide bonds. The van der Waals surface area contributed by atoms with Gasteiger partial charge in [0.15, 0.2) is 0 Å². The predicted octanol–water partition coefficient (Wildman–Crippen LogP) is 1.34. The maximum absolute atomic E-state index is 11.4. The first-order chi connectivity index (χ1) is 7.63. The summed E-state index contributed by atoms with van der Waals surface area (Å²) in [6.07, 6.45) is 4.55. The van der Waals surface area contributed by atoms with Crippen LogP contribution in [0.4, 0.5) is 4.79 Å². The van der Waals surface area contributed by atoms with Gasteiger partial charge in [0.1, 0.15) is 6.04 Å². The number of rotatable bonds is 7. The molecule has 0 aromatic heterocycles. The van der Waals surface area contributed by atoms with E-state index in [1.165, 1.54) is 12.8 Å². The molecule has 0 aromatic rings. The van der Waals surface area contributed by atoms with Gasteiger partial charge in [0, 0.05) is 6.54 Å². The second kappa shape index (κ2) is 6.35. The molecule has 1 atom stereocenters. The van der Waals surface area contributed by atoms with E-state index in [-0.39, 0.29) is 6.03 Å². The van der Waals surface area contributed by atoms with Crippen molar-refractivity contribution in [2.45, 2.75) is 45.1 Å². The van der Waals surface area contributed by atoms with Gasteiger partial charge in [-0.25, -0.2) is 9.59 Å². The van der Waals surface area contributed by atoms with Crippen LogP contribution in [-0.4, -0.2) is 29.7 Å². The van der Waals surface area contributed by atoms with Crippen molar-refractivity contribution in [3.05, 3.63) is 0 Å². The van der Waals surface area contributed by atoms with Gasteiger partial charge in [-0.1, -0.05) is 19.8 Å². The van der Waals surface area contributed by atoms with Crippen LogP contribution >= 0.6 is 0 Å². The van der Waals surface area contributed by atoms with E-state index in [0.29, 0.717) is 18.9 Å². The smallest absolute Gasteiger partial charge is 0.326 e. The highest BCUT2D eigenvalue weighted by Crippen LogP contribution is 2.27. The molecule has 0 aliphatic heterocycles. The van der Waals surface area contributed by atoms with Gasteiger partial charge in [-0.05, 0) is 25.2 Å². The molecule has 5 heteroatoms. The minimum atomic E-state index is -0.963. The van der Waals surface area contributed by atoms with Gasteiger partial charge in [-0.15, -0.1) is 0 Å². The van der Waals surface area contributed by atoms with E-state index in [1.54, 1.807) is 0 Å². The third-order valence-electron chi connectivity index (χ3n) is 2.70. The fraction of sp³-hybridized carbons (Fsp3) is 0.818. The van der Waals surface area contributed by atoms with Crippen LogP contribution in [0.5, 0.6) is 0 Å². The van der Waals surface area contributed by atoms with Gasteiger partial charge >= 0.3 is 12.0 Å². The maximum Gasteiger partial charge on any atom is 0.326 e. The van der Waals surface area contributed by atoms with Crippen molar-refractivity contribution in [2.75, 3.05) is 6.54 Å². The number of nitrogens with one attached hydrogen (secondary N) is 2. The van der Waals surface area contributed by atoms with Crippen LogP contribution in [-0.2, 0) is 4.79 Å². The normalized spacial score (nSPS) is 16.6. The Kier molecular flexibility index (Phi) is 5.08. The summed E-state index contributed by atoms with van der Waals surface area (Å²) in [7, 11) is 0. The van der Waals surface area contributed by atoms with E-state index in [1.807, 2.05) is 6.92 Å². The number of carbonyl (C=O) groups excluding carboxylic acids is 1. The monoisotopic (exact) mass is 228 g/mol. The Bertz CT molecular complexity index is 252. The van der Waals surface area contributed by atoms with E-state index in [0.717, 1.165) is 12.8 Å². The van der Waals surface area contributed by atoms with Gasteiger partial charge in [-0.3, -0.25) is 0 Å². The number of hydrogen-bond donors (Lipinski definition) is 3. The molecule has 0 saturated heterocycles. The van der Waals surface area contributed by atoms with Crippen molar-refractivity contribution in [3.63, 3.8) is 0 Å². The van der Waals surface area contributed by atoms with Crippen LogP contribution in [0.15, 0.2) is 0 Å². The molecule has 1 saturated carbocycles. The lowest BCUT2D eigenvalue weighted by atomic mass is 10.1. The van der Waals surface area contributed by atoms with Gasteiger partial charge in [0.05, 0.1) is 0 Å². The molecule has 3 N–H and O–H groups in total. The molecule has 1 aliphatic rings. The quantitative estimate of drug-likeness (QED) is 0.615. The Balaban J connectivity index is 2.22. The number of carboxylic acid groups (broad SMARTS) is 1. The summed E-state index contributed by atoms with van der Waals surface area (Å²) in [5, 5.41) is 14.1. The molecule has 0 aromatic carbocycles. The Morgan fingerprint density at radius 1 is 1.44 bits per heavy atom. The summed E-state index contributed by atoms with van der Waals surface area (Å²) in [6.45, 7) is 2.65. The number of aliphatic carboxylic acids is 1. The Labute approximate surface area is 95.6 Å². The predicted molar refractivity (Wildman–Crippen MR) is 60.2 cm³/mol. The molecule has 1 rings (SSSR count). The Hall–Kier alpha value is -1.26. The molecule has 16 heavy (non-hydrogen) atoms. The van der Waals surface area contributed by atoms with E-state index in [9.17, 15) is 9.59 Å². The average molecular weight is 228 g/mol. The number of carbonyl (C=O) groups is 2. The van der Waals surface area contributed by atoms with Crippen molar-refractivity contribution in [1.82, 2.24) is 10.6 Å². The summed E-state index contributed by atoms with van der Waals surface area (Å²) in [5.74, 6) is -0.361. The number of hydrogen-bond acceptors (Lipinski definition) is 2. The van der Waals surface area contributed by atoms with Gasteiger partial charge < -0.3 is 15.7 Å². The van der Waals surface area contributed by atoms with E-state index in [2.05, 4.69) is 10.6 Å². The zero-order chi connectivity index (χ0) is 12.0. The van der Waals surface area contributed by atoms with Crippen LogP contribution in [0.25, 0.3) is 0 Å². The lowest BCUT2D eigenvalue weighted by molar-refractivity contribution is -0.139. The van der Waals surface area contributed by atoms with Crippen molar-refractivity contribution >= 4 is 12.0 Å². The number of unbranched alkanes of at least 4 members (excludes halogenated alkanes) is 1. The molecule has 1 aliphatic carbocycles. The maximum atomic E-state index is 11.4. The van der Waals surface area contributed by atoms with Gasteiger partial charge in [0.2, 0.25) is 0 Å². The van der Waals surface area contributed by atoms with Gasteiger partial charge in [0.25, 0.3) is 0 Å². The fourth-order valence-corrected chi connectivity index (χ4v) is 1.43. The third kappa shape index (κ3) is 5.00. The van der Waals surface area contributed by atoms with E-state index < -0.39 is 12.0 Å². The Morgan fingerprint density at radius 2 is 2.12 bits per heavy atom. The van der Waals surface area contributed by atoms with Crippen molar-refractivity contribution in [3.8, 4) is 0 Å². The second-order valence-corrected chi connectivity index (χ2v) is 4.33. The van der Waals surface area contributed by atoms with Crippen LogP contribution in [0.3, 0.4) is 0 Å². The molecule has 0 radical (unpaired) electrons. The standard InChI is InChI=1S/C11H20N2O3/c1-2-3-4-9(10(14)15)13-11(16)12-7-8-5-6-8/h8-9H,2-7H2,1H3,(H,14,15)(H2,12,13,16). The first-order valence-corrected chi connectivity index (χ1v) is 5.90. The number of amides is 2. The lowest BCUT2D eigenvalue weighted by Gasteiger charge is -2.14. The van der Waals surface area contributed by atoms with Crippen molar-refractivity contribution in [2.24, 2.45) is 5.92 Å². The topological polar surface area (TPSA) is 78.4 Å². The minimum absolute atomic E-state index is 0.365. The molecule has 92 valence electrons. The van der Waals surface area contributed by atoms with Crippen LogP contribution in [0.1, 0.15) is 39.0 Å². The molecular weight excluding hydrogens is 208 g/mol. The van der Waals surface area contributed by atoms with Crippen LogP contribution in [0, 0.1) is 5.92 Å². The number of urea groups is 1. The highest BCUT2D eigenvalue weighted by Gasteiger charge is 2.23. The van der Waals surface area contributed by atoms with Crippen LogP contribution < -0.4 is 10.6 Å². The average Bonchev–Trinajstić information content (AvgIpc) is 3.04. The molecule has 0 heterocycles. The van der Waals surface area contributed by atoms with E-state index in [4.69, 9.17) is 5.11 Å². The minimum Gasteiger partial charge on any atom is -0.480 e. The zero-order valence-electron chi connectivity index (χ0n) is 9.66. The summed E-state index contributed by atoms with van der Waals surface area (Å²) in [5.41, 5.74) is 0. The molecular formula is C11H20N2O3. The SMILES string of the molecule is CCCCC(NC(=O)NCC1CC1)C(=O)O. The molecule has 1 unspecified atom stereocenters. The lowest BCUT2D eigenvalue weighted by Crippen LogP contribution is -2.46. The molecule has 0 spiro atoms. The first-order valence-electron chi connectivity index (χ1n) is 5.90. The third-order valence-corrected chi connectivity index (χ3v) is 2.70. The molecule has 0 bridgehead atoms. The number of carboxylic acids is 1. The van der Waals surface area contributed by atoms with Crippen molar-refractivity contribution in [1.29, 1.82) is 0 Å². The molecule has 1 fully saturated rings. The fourth-order valence-electron chi connectivity index (χ4n) is 1.43. The van der Waals surface area contributed by atoms with E-state index >= 15 is 0 Å². The summed E-state index contributed by atoms with van der Waals surface area (Å²) in [4.78, 5) is 22.2. The van der Waals surface area contributed by atoms with Gasteiger partial charge in [-0.2, -0.15) is 0 Å². The summed E-state index contributed by atoms with van der Waals surface area (Å²) < 4.78 is 0.